The van der Waals surface area contributed by atoms with E-state index in [1.807, 2.05) is 29.2 Å². The lowest BCUT2D eigenvalue weighted by Gasteiger charge is -2.51. The summed E-state index contributed by atoms with van der Waals surface area (Å²) in [7, 11) is 0. The third-order valence-corrected chi connectivity index (χ3v) is 5.95. The van der Waals surface area contributed by atoms with Crippen LogP contribution in [0.1, 0.15) is 24.6 Å². The van der Waals surface area contributed by atoms with Gasteiger partial charge in [0, 0.05) is 31.7 Å². The molecule has 2 aromatic heterocycles. The Kier molecular flexibility index (Phi) is 6.15. The van der Waals surface area contributed by atoms with Crippen LogP contribution in [0.15, 0.2) is 36.8 Å². The summed E-state index contributed by atoms with van der Waals surface area (Å²) in [5.41, 5.74) is 3.56. The van der Waals surface area contributed by atoms with Crippen LogP contribution < -0.4 is 5.32 Å². The van der Waals surface area contributed by atoms with Gasteiger partial charge in [-0.05, 0) is 25.0 Å². The van der Waals surface area contributed by atoms with Crippen molar-refractivity contribution in [2.45, 2.75) is 38.1 Å². The standard InChI is InChI=1S/C18H22N6O.C2HF3O2/c1-2-4-16-14(3-1)20-13-23(16)7-8-24-11-15(21-22-24)17-18(12-19-17)5-9-25-10-6-18;3-2(4,5)1(6)7/h1-4,11,13,17,19H,5-10,12H2;(H,6,7). The van der Waals surface area contributed by atoms with E-state index in [1.54, 1.807) is 0 Å². The van der Waals surface area contributed by atoms with Crippen molar-refractivity contribution in [2.75, 3.05) is 19.8 Å². The molecule has 0 saturated carbocycles. The number of rotatable bonds is 4. The van der Waals surface area contributed by atoms with E-state index < -0.39 is 12.1 Å². The maximum Gasteiger partial charge on any atom is 0.490 e. The summed E-state index contributed by atoms with van der Waals surface area (Å²) < 4.78 is 41.4. The predicted molar refractivity (Wildman–Crippen MR) is 107 cm³/mol. The Hall–Kier alpha value is -2.99. The molecule has 2 fully saturated rings. The Morgan fingerprint density at radius 2 is 1.97 bits per heavy atom. The van der Waals surface area contributed by atoms with Gasteiger partial charge in [-0.15, -0.1) is 5.10 Å². The summed E-state index contributed by atoms with van der Waals surface area (Å²) in [6, 6.07) is 8.52. The van der Waals surface area contributed by atoms with E-state index in [0.29, 0.717) is 11.5 Å². The predicted octanol–water partition coefficient (Wildman–Crippen LogP) is 2.40. The lowest BCUT2D eigenvalue weighted by atomic mass is 9.67. The van der Waals surface area contributed by atoms with E-state index in [4.69, 9.17) is 14.6 Å². The number of imidazole rings is 1. The number of hydrogen-bond donors (Lipinski definition) is 2. The van der Waals surface area contributed by atoms with Crippen LogP contribution in [0.2, 0.25) is 0 Å². The smallest absolute Gasteiger partial charge is 0.475 e. The molecule has 2 aliphatic rings. The molecule has 32 heavy (non-hydrogen) atoms. The average molecular weight is 452 g/mol. The van der Waals surface area contributed by atoms with Crippen LogP contribution in [-0.2, 0) is 22.6 Å². The van der Waals surface area contributed by atoms with Gasteiger partial charge < -0.3 is 19.7 Å². The van der Waals surface area contributed by atoms with Crippen molar-refractivity contribution in [3.8, 4) is 0 Å². The zero-order valence-corrected chi connectivity index (χ0v) is 17.1. The van der Waals surface area contributed by atoms with Crippen molar-refractivity contribution < 1.29 is 27.8 Å². The first-order valence-corrected chi connectivity index (χ1v) is 10.2. The summed E-state index contributed by atoms with van der Waals surface area (Å²) in [6.45, 7) is 4.41. The van der Waals surface area contributed by atoms with Gasteiger partial charge >= 0.3 is 12.1 Å². The molecule has 0 bridgehead atoms. The fourth-order valence-corrected chi connectivity index (χ4v) is 4.11. The van der Waals surface area contributed by atoms with Crippen LogP contribution >= 0.6 is 0 Å². The molecule has 1 aromatic carbocycles. The van der Waals surface area contributed by atoms with Crippen LogP contribution in [0.5, 0.6) is 0 Å². The number of ether oxygens (including phenoxy) is 1. The molecule has 1 spiro atoms. The molecule has 12 heteroatoms. The molecule has 5 rings (SSSR count). The minimum absolute atomic E-state index is 0.319. The first-order valence-electron chi connectivity index (χ1n) is 10.2. The van der Waals surface area contributed by atoms with Gasteiger partial charge in [0.1, 0.15) is 5.69 Å². The van der Waals surface area contributed by atoms with E-state index in [-0.39, 0.29) is 0 Å². The Morgan fingerprint density at radius 1 is 1.25 bits per heavy atom. The van der Waals surface area contributed by atoms with Gasteiger partial charge in [-0.2, -0.15) is 13.2 Å². The van der Waals surface area contributed by atoms with Crippen LogP contribution in [-0.4, -0.2) is 61.6 Å². The number of benzene rings is 1. The molecule has 2 saturated heterocycles. The largest absolute Gasteiger partial charge is 0.490 e. The second kappa shape index (κ2) is 8.87. The van der Waals surface area contributed by atoms with Gasteiger partial charge in [0.15, 0.2) is 0 Å². The summed E-state index contributed by atoms with van der Waals surface area (Å²) in [5, 5.41) is 19.4. The Bertz CT molecular complexity index is 1070. The van der Waals surface area contributed by atoms with Gasteiger partial charge in [0.25, 0.3) is 0 Å². The quantitative estimate of drug-likeness (QED) is 0.626. The van der Waals surface area contributed by atoms with Crippen LogP contribution in [0, 0.1) is 5.41 Å². The number of carboxylic acids is 1. The minimum atomic E-state index is -5.08. The molecule has 3 aromatic rings. The zero-order chi connectivity index (χ0) is 22.8. The molecule has 0 aliphatic carbocycles. The zero-order valence-electron chi connectivity index (χ0n) is 17.1. The molecule has 1 atom stereocenters. The SMILES string of the molecule is O=C(O)C(F)(F)F.c1ccc2c(c1)ncn2CCn1cc(C2NCC23CCOCC3)nn1. The second-order valence-electron chi connectivity index (χ2n) is 7.92. The normalized spacial score (nSPS) is 19.9. The molecule has 0 amide bonds. The highest BCUT2D eigenvalue weighted by molar-refractivity contribution is 5.74. The van der Waals surface area contributed by atoms with E-state index >= 15 is 0 Å². The van der Waals surface area contributed by atoms with Crippen molar-refractivity contribution in [2.24, 2.45) is 5.41 Å². The van der Waals surface area contributed by atoms with E-state index in [1.165, 1.54) is 0 Å². The van der Waals surface area contributed by atoms with E-state index in [2.05, 4.69) is 37.4 Å². The molecule has 2 N–H and O–H groups in total. The summed E-state index contributed by atoms with van der Waals surface area (Å²) in [4.78, 5) is 13.3. The average Bonchev–Trinajstić information content (AvgIpc) is 3.39. The van der Waals surface area contributed by atoms with Crippen molar-refractivity contribution in [3.63, 3.8) is 0 Å². The molecule has 9 nitrogen and oxygen atoms in total. The summed E-state index contributed by atoms with van der Waals surface area (Å²) in [5.74, 6) is -2.76. The molecular weight excluding hydrogens is 429 g/mol. The number of carbonyl (C=O) groups is 1. The number of aromatic nitrogens is 5. The summed E-state index contributed by atoms with van der Waals surface area (Å²) in [6.07, 6.45) is 1.12. The first-order chi connectivity index (χ1) is 15.3. The lowest BCUT2D eigenvalue weighted by Crippen LogP contribution is -2.58. The third kappa shape index (κ3) is 4.60. The number of fused-ring (bicyclic) bond motifs is 1. The second-order valence-corrected chi connectivity index (χ2v) is 7.92. The van der Waals surface area contributed by atoms with Crippen molar-refractivity contribution in [1.29, 1.82) is 0 Å². The fraction of sp³-hybridized carbons (Fsp3) is 0.500. The number of aryl methyl sites for hydroxylation is 2. The van der Waals surface area contributed by atoms with Crippen LogP contribution in [0.25, 0.3) is 11.0 Å². The highest BCUT2D eigenvalue weighted by Crippen LogP contribution is 2.47. The van der Waals surface area contributed by atoms with Gasteiger partial charge in [-0.25, -0.2) is 9.78 Å². The molecule has 1 unspecified atom stereocenters. The number of nitrogens with zero attached hydrogens (tertiary/aromatic N) is 5. The van der Waals surface area contributed by atoms with Gasteiger partial charge in [-0.3, -0.25) is 4.68 Å². The Morgan fingerprint density at radius 3 is 2.62 bits per heavy atom. The van der Waals surface area contributed by atoms with Crippen molar-refractivity contribution in [1.82, 2.24) is 29.9 Å². The van der Waals surface area contributed by atoms with Crippen molar-refractivity contribution >= 4 is 17.0 Å². The number of alkyl halides is 3. The molecular formula is C20H23F3N6O3. The third-order valence-electron chi connectivity index (χ3n) is 5.95. The number of para-hydroxylation sites is 2. The lowest BCUT2D eigenvalue weighted by molar-refractivity contribution is -0.192. The molecule has 172 valence electrons. The maximum atomic E-state index is 10.6. The first kappa shape index (κ1) is 22.2. The van der Waals surface area contributed by atoms with Gasteiger partial charge in [0.2, 0.25) is 0 Å². The summed E-state index contributed by atoms with van der Waals surface area (Å²) >= 11 is 0. The number of halogens is 3. The highest BCUT2D eigenvalue weighted by Gasteiger charge is 2.49. The minimum Gasteiger partial charge on any atom is -0.475 e. The molecule has 0 radical (unpaired) electrons. The molecule has 2 aliphatic heterocycles. The van der Waals surface area contributed by atoms with Crippen LogP contribution in [0.3, 0.4) is 0 Å². The topological polar surface area (TPSA) is 107 Å². The maximum absolute atomic E-state index is 10.6. The Balaban J connectivity index is 0.000000307. The van der Waals surface area contributed by atoms with Crippen molar-refractivity contribution in [3.05, 3.63) is 42.5 Å². The van der Waals surface area contributed by atoms with E-state index in [9.17, 15) is 13.2 Å². The van der Waals surface area contributed by atoms with Crippen LogP contribution in [0.4, 0.5) is 13.2 Å². The fourth-order valence-electron chi connectivity index (χ4n) is 4.11. The number of nitrogens with one attached hydrogen (secondary N) is 1. The molecule has 4 heterocycles. The Labute approximate surface area is 181 Å². The van der Waals surface area contributed by atoms with Gasteiger partial charge in [0.05, 0.1) is 36.1 Å². The highest BCUT2D eigenvalue weighted by atomic mass is 19.4. The number of carboxylic acid groups (broad SMARTS) is 1. The number of aliphatic carboxylic acids is 1. The number of hydrogen-bond acceptors (Lipinski definition) is 6. The van der Waals surface area contributed by atoms with E-state index in [0.717, 1.165) is 62.4 Å². The van der Waals surface area contributed by atoms with Gasteiger partial charge in [-0.1, -0.05) is 17.3 Å². The monoisotopic (exact) mass is 452 g/mol.